The van der Waals surface area contributed by atoms with Crippen molar-refractivity contribution >= 4 is 0 Å². The lowest BCUT2D eigenvalue weighted by atomic mass is 10.2. The molecule has 0 aliphatic heterocycles. The van der Waals surface area contributed by atoms with Gasteiger partial charge in [0.1, 0.15) is 5.69 Å². The van der Waals surface area contributed by atoms with E-state index in [1.807, 2.05) is 0 Å². The predicted octanol–water partition coefficient (Wildman–Crippen LogP) is 1.10. The Morgan fingerprint density at radius 3 is 2.81 bits per heavy atom. The van der Waals surface area contributed by atoms with Crippen molar-refractivity contribution in [1.82, 2.24) is 15.0 Å². The number of aliphatic hydroxyl groups is 1. The van der Waals surface area contributed by atoms with Gasteiger partial charge in [-0.05, 0) is 6.07 Å². The first-order valence-electron chi connectivity index (χ1n) is 4.63. The van der Waals surface area contributed by atoms with E-state index in [0.717, 1.165) is 6.07 Å². The minimum absolute atomic E-state index is 0.0800. The number of benzene rings is 1. The summed E-state index contributed by atoms with van der Waals surface area (Å²) in [6.07, 6.45) is 1.48. The van der Waals surface area contributed by atoms with Gasteiger partial charge in [-0.2, -0.15) is 0 Å². The fraction of sp³-hybridized carbons (Fsp3) is 0.200. The maximum atomic E-state index is 13.3. The molecule has 16 heavy (non-hydrogen) atoms. The van der Waals surface area contributed by atoms with Gasteiger partial charge in [0.2, 0.25) is 0 Å². The van der Waals surface area contributed by atoms with Crippen LogP contribution in [0.5, 0.6) is 0 Å². The van der Waals surface area contributed by atoms with Crippen LogP contribution >= 0.6 is 0 Å². The number of hydrogen-bond acceptors (Lipinski definition) is 3. The summed E-state index contributed by atoms with van der Waals surface area (Å²) >= 11 is 0. The molecule has 1 N–H and O–H groups in total. The molecule has 2 rings (SSSR count). The van der Waals surface area contributed by atoms with Gasteiger partial charge in [-0.15, -0.1) is 5.10 Å². The normalized spacial score (nSPS) is 10.7. The maximum Gasteiger partial charge on any atom is 0.163 e. The molecule has 6 heteroatoms. The molecule has 2 aromatic rings. The van der Waals surface area contributed by atoms with Gasteiger partial charge >= 0.3 is 0 Å². The summed E-state index contributed by atoms with van der Waals surface area (Å²) in [5, 5.41) is 16.1. The summed E-state index contributed by atoms with van der Waals surface area (Å²) in [5.41, 5.74) is 0.575. The molecule has 0 aliphatic carbocycles. The van der Waals surface area contributed by atoms with Crippen molar-refractivity contribution in [2.24, 2.45) is 0 Å². The van der Waals surface area contributed by atoms with Crippen molar-refractivity contribution in [1.29, 1.82) is 0 Å². The van der Waals surface area contributed by atoms with E-state index in [1.165, 1.54) is 23.0 Å². The van der Waals surface area contributed by atoms with Crippen molar-refractivity contribution in [3.8, 4) is 0 Å². The number of nitrogens with zero attached hydrogens (tertiary/aromatic N) is 3. The average molecular weight is 225 g/mol. The van der Waals surface area contributed by atoms with Crippen LogP contribution in [0, 0.1) is 11.6 Å². The molecule has 1 aromatic carbocycles. The molecule has 0 radical (unpaired) electrons. The summed E-state index contributed by atoms with van der Waals surface area (Å²) in [6, 6.07) is 3.95. The quantitative estimate of drug-likeness (QED) is 0.850. The van der Waals surface area contributed by atoms with Gasteiger partial charge in [-0.3, -0.25) is 0 Å². The van der Waals surface area contributed by atoms with Gasteiger partial charge < -0.3 is 5.11 Å². The lowest BCUT2D eigenvalue weighted by molar-refractivity contribution is 0.276. The highest BCUT2D eigenvalue weighted by Crippen LogP contribution is 2.12. The highest BCUT2D eigenvalue weighted by Gasteiger charge is 2.08. The van der Waals surface area contributed by atoms with E-state index in [9.17, 15) is 8.78 Å². The van der Waals surface area contributed by atoms with Crippen molar-refractivity contribution in [2.75, 3.05) is 0 Å². The molecule has 0 aliphatic rings. The van der Waals surface area contributed by atoms with E-state index in [-0.39, 0.29) is 18.7 Å². The lowest BCUT2D eigenvalue weighted by Crippen LogP contribution is -2.04. The molecule has 0 bridgehead atoms. The molecule has 0 saturated carbocycles. The van der Waals surface area contributed by atoms with Gasteiger partial charge in [-0.25, -0.2) is 13.5 Å². The van der Waals surface area contributed by atoms with Crippen molar-refractivity contribution < 1.29 is 13.9 Å². The van der Waals surface area contributed by atoms with Gasteiger partial charge in [0.15, 0.2) is 11.6 Å². The Kier molecular flexibility index (Phi) is 2.91. The monoisotopic (exact) mass is 225 g/mol. The van der Waals surface area contributed by atoms with E-state index in [1.54, 1.807) is 0 Å². The highest BCUT2D eigenvalue weighted by molar-refractivity contribution is 5.19. The summed E-state index contributed by atoms with van der Waals surface area (Å²) in [7, 11) is 0. The fourth-order valence-electron chi connectivity index (χ4n) is 1.33. The molecule has 84 valence electrons. The first-order valence-corrected chi connectivity index (χ1v) is 4.63. The Morgan fingerprint density at radius 2 is 2.12 bits per heavy atom. The van der Waals surface area contributed by atoms with Crippen LogP contribution in [0.25, 0.3) is 0 Å². The molecule has 4 nitrogen and oxygen atoms in total. The third kappa shape index (κ3) is 2.06. The van der Waals surface area contributed by atoms with Crippen molar-refractivity contribution in [3.05, 3.63) is 47.3 Å². The second-order valence-electron chi connectivity index (χ2n) is 3.28. The molecule has 1 heterocycles. The molecule has 0 unspecified atom stereocenters. The maximum absolute atomic E-state index is 13.3. The van der Waals surface area contributed by atoms with Crippen LogP contribution in [0.1, 0.15) is 11.3 Å². The topological polar surface area (TPSA) is 50.9 Å². The first-order chi connectivity index (χ1) is 7.70. The zero-order valence-corrected chi connectivity index (χ0v) is 8.27. The fourth-order valence-corrected chi connectivity index (χ4v) is 1.33. The number of rotatable bonds is 3. The SMILES string of the molecule is OCc1cn(Cc2cccc(F)c2F)nn1. The van der Waals surface area contributed by atoms with Crippen LogP contribution in [-0.2, 0) is 13.2 Å². The summed E-state index contributed by atoms with van der Waals surface area (Å²) in [4.78, 5) is 0. The minimum atomic E-state index is -0.889. The third-order valence-electron chi connectivity index (χ3n) is 2.11. The lowest BCUT2D eigenvalue weighted by Gasteiger charge is -2.02. The van der Waals surface area contributed by atoms with Crippen LogP contribution < -0.4 is 0 Å². The predicted molar refractivity (Wildman–Crippen MR) is 51.4 cm³/mol. The van der Waals surface area contributed by atoms with Crippen LogP contribution in [0.2, 0.25) is 0 Å². The number of hydrogen-bond donors (Lipinski definition) is 1. The van der Waals surface area contributed by atoms with Gasteiger partial charge in [0, 0.05) is 5.56 Å². The van der Waals surface area contributed by atoms with E-state index in [2.05, 4.69) is 10.3 Å². The molecule has 0 saturated heterocycles. The summed E-state index contributed by atoms with van der Waals surface area (Å²) < 4.78 is 27.5. The number of halogens is 2. The molecular weight excluding hydrogens is 216 g/mol. The standard InChI is InChI=1S/C10H9F2N3O/c11-9-3-1-2-7(10(9)12)4-15-5-8(6-16)13-14-15/h1-3,5,16H,4,6H2. The summed E-state index contributed by atoms with van der Waals surface area (Å²) in [6.45, 7) is -0.151. The van der Waals surface area contributed by atoms with Gasteiger partial charge in [0.25, 0.3) is 0 Å². The Morgan fingerprint density at radius 1 is 1.31 bits per heavy atom. The van der Waals surface area contributed by atoms with Crippen LogP contribution in [0.3, 0.4) is 0 Å². The smallest absolute Gasteiger partial charge is 0.163 e. The number of aromatic nitrogens is 3. The molecule has 0 spiro atoms. The second-order valence-corrected chi connectivity index (χ2v) is 3.28. The zero-order chi connectivity index (χ0) is 11.5. The molecule has 0 atom stereocenters. The Labute approximate surface area is 90.1 Å². The first kappa shape index (κ1) is 10.7. The minimum Gasteiger partial charge on any atom is -0.390 e. The largest absolute Gasteiger partial charge is 0.390 e. The molecule has 0 amide bonds. The zero-order valence-electron chi connectivity index (χ0n) is 8.27. The van der Waals surface area contributed by atoms with E-state index in [4.69, 9.17) is 5.11 Å². The van der Waals surface area contributed by atoms with E-state index in [0.29, 0.717) is 5.69 Å². The average Bonchev–Trinajstić information content (AvgIpc) is 2.73. The third-order valence-corrected chi connectivity index (χ3v) is 2.11. The van der Waals surface area contributed by atoms with Crippen LogP contribution in [0.4, 0.5) is 8.78 Å². The van der Waals surface area contributed by atoms with Crippen LogP contribution in [0.15, 0.2) is 24.4 Å². The Bertz CT molecular complexity index is 499. The van der Waals surface area contributed by atoms with E-state index >= 15 is 0 Å². The van der Waals surface area contributed by atoms with E-state index < -0.39 is 11.6 Å². The number of aliphatic hydroxyl groups excluding tert-OH is 1. The van der Waals surface area contributed by atoms with Gasteiger partial charge in [0.05, 0.1) is 19.3 Å². The highest BCUT2D eigenvalue weighted by atomic mass is 19.2. The van der Waals surface area contributed by atoms with Crippen molar-refractivity contribution in [2.45, 2.75) is 13.2 Å². The Balaban J connectivity index is 2.23. The Hall–Kier alpha value is -1.82. The van der Waals surface area contributed by atoms with Gasteiger partial charge in [-0.1, -0.05) is 17.3 Å². The molecular formula is C10H9F2N3O. The van der Waals surface area contributed by atoms with Crippen LogP contribution in [-0.4, -0.2) is 20.1 Å². The molecule has 1 aromatic heterocycles. The van der Waals surface area contributed by atoms with Crippen molar-refractivity contribution in [3.63, 3.8) is 0 Å². The summed E-state index contributed by atoms with van der Waals surface area (Å²) in [5.74, 6) is -1.77. The molecule has 0 fully saturated rings. The second kappa shape index (κ2) is 4.36.